The van der Waals surface area contributed by atoms with Gasteiger partial charge in [-0.05, 0) is 23.3 Å². The van der Waals surface area contributed by atoms with Crippen molar-refractivity contribution in [3.8, 4) is 0 Å². The minimum absolute atomic E-state index is 0.0656. The minimum Gasteiger partial charge on any atom is -0.465 e. The number of carbonyl (C=O) groups excluding carboxylic acids is 2. The van der Waals surface area contributed by atoms with Crippen molar-refractivity contribution in [3.63, 3.8) is 0 Å². The Balaban J connectivity index is 1.84. The Morgan fingerprint density at radius 2 is 2.04 bits per heavy atom. The van der Waals surface area contributed by atoms with E-state index >= 15 is 0 Å². The zero-order valence-electron chi connectivity index (χ0n) is 13.9. The summed E-state index contributed by atoms with van der Waals surface area (Å²) in [4.78, 5) is 25.8. The summed E-state index contributed by atoms with van der Waals surface area (Å²) in [7, 11) is 1.21. The number of esters is 1. The molecule has 0 aromatic heterocycles. The lowest BCUT2D eigenvalue weighted by atomic mass is 10.0. The van der Waals surface area contributed by atoms with Crippen molar-refractivity contribution in [2.45, 2.75) is 12.6 Å². The van der Waals surface area contributed by atoms with Gasteiger partial charge in [-0.2, -0.15) is 0 Å². The van der Waals surface area contributed by atoms with E-state index in [0.29, 0.717) is 25.2 Å². The van der Waals surface area contributed by atoms with Gasteiger partial charge < -0.3 is 10.1 Å². The van der Waals surface area contributed by atoms with E-state index < -0.39 is 17.8 Å². The molecule has 0 spiro atoms. The maximum absolute atomic E-state index is 14.1. The molecule has 3 rings (SSSR count). The van der Waals surface area contributed by atoms with Crippen LogP contribution in [0.15, 0.2) is 48.5 Å². The van der Waals surface area contributed by atoms with Gasteiger partial charge in [0.1, 0.15) is 11.9 Å². The highest BCUT2D eigenvalue weighted by Gasteiger charge is 2.31. The summed E-state index contributed by atoms with van der Waals surface area (Å²) in [5.74, 6) is -1.39. The molecule has 5 nitrogen and oxygen atoms in total. The number of halogens is 1. The van der Waals surface area contributed by atoms with Crippen LogP contribution in [0.25, 0.3) is 0 Å². The lowest BCUT2D eigenvalue weighted by molar-refractivity contribution is -0.129. The monoisotopic (exact) mass is 342 g/mol. The molecule has 0 bridgehead atoms. The van der Waals surface area contributed by atoms with Crippen molar-refractivity contribution < 1.29 is 18.7 Å². The zero-order chi connectivity index (χ0) is 17.8. The van der Waals surface area contributed by atoms with Crippen molar-refractivity contribution in [1.82, 2.24) is 10.2 Å². The number of rotatable bonds is 4. The largest absolute Gasteiger partial charge is 0.465 e. The molecule has 2 aromatic rings. The van der Waals surface area contributed by atoms with Crippen LogP contribution in [-0.2, 0) is 16.1 Å². The third-order valence-electron chi connectivity index (χ3n) is 4.25. The molecule has 1 amide bonds. The van der Waals surface area contributed by atoms with Gasteiger partial charge in [-0.15, -0.1) is 0 Å². The highest BCUT2D eigenvalue weighted by Crippen LogP contribution is 2.25. The average molecular weight is 342 g/mol. The Morgan fingerprint density at radius 1 is 1.28 bits per heavy atom. The molecule has 6 heteroatoms. The SMILES string of the molecule is COC(=O)c1ccc(CN2CCNC(=O)[C@H]2c2ccccc2)cc1F. The summed E-state index contributed by atoms with van der Waals surface area (Å²) >= 11 is 0. The van der Waals surface area contributed by atoms with Crippen LogP contribution in [0.3, 0.4) is 0 Å². The molecule has 0 radical (unpaired) electrons. The van der Waals surface area contributed by atoms with Crippen LogP contribution in [-0.4, -0.2) is 37.0 Å². The quantitative estimate of drug-likeness (QED) is 0.866. The van der Waals surface area contributed by atoms with Gasteiger partial charge in [0.25, 0.3) is 0 Å². The first-order valence-corrected chi connectivity index (χ1v) is 8.03. The summed E-state index contributed by atoms with van der Waals surface area (Å²) in [5.41, 5.74) is 1.49. The number of piperazine rings is 1. The number of benzene rings is 2. The molecule has 0 saturated carbocycles. The number of carbonyl (C=O) groups is 2. The molecule has 25 heavy (non-hydrogen) atoms. The van der Waals surface area contributed by atoms with E-state index in [2.05, 4.69) is 10.1 Å². The fraction of sp³-hybridized carbons (Fsp3) is 0.263. The van der Waals surface area contributed by atoms with Gasteiger partial charge in [0, 0.05) is 19.6 Å². The van der Waals surface area contributed by atoms with Crippen molar-refractivity contribution in [2.75, 3.05) is 20.2 Å². The molecular weight excluding hydrogens is 323 g/mol. The molecule has 1 atom stereocenters. The van der Waals surface area contributed by atoms with Gasteiger partial charge in [0.05, 0.1) is 12.7 Å². The highest BCUT2D eigenvalue weighted by atomic mass is 19.1. The van der Waals surface area contributed by atoms with Crippen LogP contribution < -0.4 is 5.32 Å². The van der Waals surface area contributed by atoms with E-state index in [1.54, 1.807) is 6.07 Å². The Hall–Kier alpha value is -2.73. The molecule has 1 aliphatic heterocycles. The Kier molecular flexibility index (Phi) is 5.09. The molecule has 1 N–H and O–H groups in total. The molecule has 2 aromatic carbocycles. The first-order valence-electron chi connectivity index (χ1n) is 8.03. The zero-order valence-corrected chi connectivity index (χ0v) is 13.9. The molecule has 0 unspecified atom stereocenters. The maximum atomic E-state index is 14.1. The molecule has 130 valence electrons. The van der Waals surface area contributed by atoms with Crippen LogP contribution in [0.4, 0.5) is 4.39 Å². The Bertz CT molecular complexity index is 779. The van der Waals surface area contributed by atoms with E-state index in [1.807, 2.05) is 35.2 Å². The van der Waals surface area contributed by atoms with Crippen molar-refractivity contribution >= 4 is 11.9 Å². The minimum atomic E-state index is -0.705. The number of nitrogens with zero attached hydrogens (tertiary/aromatic N) is 1. The average Bonchev–Trinajstić information content (AvgIpc) is 2.62. The van der Waals surface area contributed by atoms with E-state index in [-0.39, 0.29) is 11.5 Å². The van der Waals surface area contributed by atoms with Crippen molar-refractivity contribution in [3.05, 3.63) is 71.0 Å². The number of nitrogens with one attached hydrogen (secondary N) is 1. The molecule has 1 aliphatic rings. The number of hydrogen-bond donors (Lipinski definition) is 1. The predicted molar refractivity (Wildman–Crippen MR) is 90.3 cm³/mol. The fourth-order valence-corrected chi connectivity index (χ4v) is 3.05. The van der Waals surface area contributed by atoms with Gasteiger partial charge in [-0.1, -0.05) is 36.4 Å². The third-order valence-corrected chi connectivity index (χ3v) is 4.25. The van der Waals surface area contributed by atoms with Crippen LogP contribution in [0.2, 0.25) is 0 Å². The summed E-state index contributed by atoms with van der Waals surface area (Å²) in [6.45, 7) is 1.61. The van der Waals surface area contributed by atoms with Gasteiger partial charge >= 0.3 is 5.97 Å². The van der Waals surface area contributed by atoms with E-state index in [1.165, 1.54) is 19.2 Å². The van der Waals surface area contributed by atoms with E-state index in [4.69, 9.17) is 0 Å². The normalized spacial score (nSPS) is 17.8. The number of ether oxygens (including phenoxy) is 1. The summed E-state index contributed by atoms with van der Waals surface area (Å²) < 4.78 is 18.7. The fourth-order valence-electron chi connectivity index (χ4n) is 3.05. The van der Waals surface area contributed by atoms with Crippen LogP contribution in [0.1, 0.15) is 27.5 Å². The smallest absolute Gasteiger partial charge is 0.340 e. The first kappa shape index (κ1) is 17.1. The number of methoxy groups -OCH3 is 1. The first-order chi connectivity index (χ1) is 12.1. The van der Waals surface area contributed by atoms with Crippen molar-refractivity contribution in [1.29, 1.82) is 0 Å². The predicted octanol–water partition coefficient (Wildman–Crippen LogP) is 2.29. The summed E-state index contributed by atoms with van der Waals surface area (Å²) in [5, 5.41) is 2.87. The van der Waals surface area contributed by atoms with Crippen LogP contribution in [0.5, 0.6) is 0 Å². The molecular formula is C19H19FN2O3. The molecule has 1 saturated heterocycles. The Labute approximate surface area is 145 Å². The lowest BCUT2D eigenvalue weighted by Crippen LogP contribution is -2.49. The highest BCUT2D eigenvalue weighted by molar-refractivity contribution is 5.89. The second-order valence-corrected chi connectivity index (χ2v) is 5.88. The van der Waals surface area contributed by atoms with Crippen molar-refractivity contribution in [2.24, 2.45) is 0 Å². The maximum Gasteiger partial charge on any atom is 0.340 e. The molecule has 1 fully saturated rings. The van der Waals surface area contributed by atoms with Gasteiger partial charge in [0.2, 0.25) is 5.91 Å². The standard InChI is InChI=1S/C19H19FN2O3/c1-25-19(24)15-8-7-13(11-16(15)20)12-22-10-9-21-18(23)17(22)14-5-3-2-4-6-14/h2-8,11,17H,9-10,12H2,1H3,(H,21,23)/t17-/m1/s1. The second kappa shape index (κ2) is 7.44. The van der Waals surface area contributed by atoms with Crippen LogP contribution >= 0.6 is 0 Å². The lowest BCUT2D eigenvalue weighted by Gasteiger charge is -2.35. The van der Waals surface area contributed by atoms with E-state index in [0.717, 1.165) is 5.56 Å². The number of amides is 1. The van der Waals surface area contributed by atoms with E-state index in [9.17, 15) is 14.0 Å². The molecule has 1 heterocycles. The van der Waals surface area contributed by atoms with Gasteiger partial charge in [0.15, 0.2) is 0 Å². The number of hydrogen-bond acceptors (Lipinski definition) is 4. The molecule has 0 aliphatic carbocycles. The topological polar surface area (TPSA) is 58.6 Å². The third kappa shape index (κ3) is 3.69. The second-order valence-electron chi connectivity index (χ2n) is 5.88. The van der Waals surface area contributed by atoms with Crippen LogP contribution in [0, 0.1) is 5.82 Å². The Morgan fingerprint density at radius 3 is 2.72 bits per heavy atom. The van der Waals surface area contributed by atoms with Gasteiger partial charge in [-0.3, -0.25) is 9.69 Å². The van der Waals surface area contributed by atoms with Gasteiger partial charge in [-0.25, -0.2) is 9.18 Å². The summed E-state index contributed by atoms with van der Waals surface area (Å²) in [6.07, 6.45) is 0. The summed E-state index contributed by atoms with van der Waals surface area (Å²) in [6, 6.07) is 13.5.